The smallest absolute Gasteiger partial charge is 0.302 e. The number of hydrogen-bond acceptors (Lipinski definition) is 2. The van der Waals surface area contributed by atoms with Gasteiger partial charge in [-0.2, -0.15) is 0 Å². The highest BCUT2D eigenvalue weighted by molar-refractivity contribution is 5.66. The molecular formula is C7H10O2. The van der Waals surface area contributed by atoms with Crippen molar-refractivity contribution in [1.29, 1.82) is 0 Å². The Morgan fingerprint density at radius 2 is 2.33 bits per heavy atom. The Hall–Kier alpha value is -0.790. The van der Waals surface area contributed by atoms with Gasteiger partial charge in [0.1, 0.15) is 6.10 Å². The molecule has 50 valence electrons. The molecule has 1 aliphatic carbocycles. The first-order valence-electron chi connectivity index (χ1n) is 3.02. The van der Waals surface area contributed by atoms with Crippen molar-refractivity contribution < 1.29 is 9.53 Å². The number of carbonyl (C=O) groups is 1. The van der Waals surface area contributed by atoms with Crippen molar-refractivity contribution in [2.75, 3.05) is 0 Å². The van der Waals surface area contributed by atoms with Gasteiger partial charge in [-0.15, -0.1) is 0 Å². The molecule has 0 bridgehead atoms. The Labute approximate surface area is 54.5 Å². The van der Waals surface area contributed by atoms with Crippen LogP contribution in [0.15, 0.2) is 12.2 Å². The van der Waals surface area contributed by atoms with E-state index in [1.807, 2.05) is 0 Å². The zero-order valence-electron chi connectivity index (χ0n) is 5.52. The topological polar surface area (TPSA) is 26.3 Å². The molecule has 0 aromatic heterocycles. The molecule has 2 heteroatoms. The molecular weight excluding hydrogens is 116 g/mol. The molecule has 2 nitrogen and oxygen atoms in total. The number of esters is 1. The van der Waals surface area contributed by atoms with Crippen LogP contribution in [0.1, 0.15) is 19.8 Å². The molecule has 0 unspecified atom stereocenters. The van der Waals surface area contributed by atoms with Crippen LogP contribution in [0.25, 0.3) is 0 Å². The Balaban J connectivity index is 2.18. The van der Waals surface area contributed by atoms with Crippen LogP contribution in [-0.4, -0.2) is 12.1 Å². The summed E-state index contributed by atoms with van der Waals surface area (Å²) in [5.41, 5.74) is 1.18. The van der Waals surface area contributed by atoms with Crippen LogP contribution in [0, 0.1) is 0 Å². The maximum absolute atomic E-state index is 10.3. The van der Waals surface area contributed by atoms with Crippen molar-refractivity contribution in [3.8, 4) is 0 Å². The summed E-state index contributed by atoms with van der Waals surface area (Å²) in [4.78, 5) is 10.3. The fourth-order valence-corrected chi connectivity index (χ4v) is 0.902. The van der Waals surface area contributed by atoms with E-state index >= 15 is 0 Å². The summed E-state index contributed by atoms with van der Waals surface area (Å²) in [5.74, 6) is -0.187. The average molecular weight is 126 g/mol. The van der Waals surface area contributed by atoms with Crippen LogP contribution in [0.5, 0.6) is 0 Å². The summed E-state index contributed by atoms with van der Waals surface area (Å²) in [6, 6.07) is 0. The molecule has 1 fully saturated rings. The number of carbonyl (C=O) groups excluding carboxylic acids is 1. The Morgan fingerprint density at radius 1 is 1.78 bits per heavy atom. The zero-order valence-corrected chi connectivity index (χ0v) is 5.52. The summed E-state index contributed by atoms with van der Waals surface area (Å²) in [6.07, 6.45) is 1.86. The van der Waals surface area contributed by atoms with Crippen molar-refractivity contribution in [3.63, 3.8) is 0 Å². The SMILES string of the molecule is C=C1CC(OC(C)=O)C1. The van der Waals surface area contributed by atoms with Gasteiger partial charge in [0.25, 0.3) is 0 Å². The van der Waals surface area contributed by atoms with E-state index in [-0.39, 0.29) is 12.1 Å². The van der Waals surface area contributed by atoms with Crippen molar-refractivity contribution in [3.05, 3.63) is 12.2 Å². The van der Waals surface area contributed by atoms with E-state index in [0.29, 0.717) is 0 Å². The third-order valence-corrected chi connectivity index (χ3v) is 1.37. The van der Waals surface area contributed by atoms with Crippen LogP contribution in [0.3, 0.4) is 0 Å². The van der Waals surface area contributed by atoms with Crippen molar-refractivity contribution in [2.45, 2.75) is 25.9 Å². The van der Waals surface area contributed by atoms with Gasteiger partial charge < -0.3 is 4.74 Å². The quantitative estimate of drug-likeness (QED) is 0.390. The second kappa shape index (κ2) is 2.21. The van der Waals surface area contributed by atoms with E-state index in [1.165, 1.54) is 12.5 Å². The van der Waals surface area contributed by atoms with E-state index in [9.17, 15) is 4.79 Å². The van der Waals surface area contributed by atoms with Crippen LogP contribution >= 0.6 is 0 Å². The van der Waals surface area contributed by atoms with E-state index in [2.05, 4.69) is 6.58 Å². The number of hydrogen-bond donors (Lipinski definition) is 0. The zero-order chi connectivity index (χ0) is 6.85. The molecule has 1 aliphatic rings. The van der Waals surface area contributed by atoms with Gasteiger partial charge in [-0.05, 0) is 0 Å². The summed E-state index contributed by atoms with van der Waals surface area (Å²) in [5, 5.41) is 0. The lowest BCUT2D eigenvalue weighted by molar-refractivity contribution is -0.148. The summed E-state index contributed by atoms with van der Waals surface area (Å²) in [6.45, 7) is 5.16. The first-order valence-corrected chi connectivity index (χ1v) is 3.02. The van der Waals surface area contributed by atoms with E-state index < -0.39 is 0 Å². The van der Waals surface area contributed by atoms with Gasteiger partial charge >= 0.3 is 5.97 Å². The lowest BCUT2D eigenvalue weighted by Gasteiger charge is -2.27. The molecule has 0 aromatic rings. The largest absolute Gasteiger partial charge is 0.462 e. The molecule has 0 atom stereocenters. The highest BCUT2D eigenvalue weighted by Gasteiger charge is 2.23. The standard InChI is InChI=1S/C7H10O2/c1-5-3-7(4-5)9-6(2)8/h7H,1,3-4H2,2H3. The maximum Gasteiger partial charge on any atom is 0.302 e. The number of rotatable bonds is 1. The monoisotopic (exact) mass is 126 g/mol. The van der Waals surface area contributed by atoms with Gasteiger partial charge in [-0.1, -0.05) is 12.2 Å². The molecule has 1 rings (SSSR count). The minimum Gasteiger partial charge on any atom is -0.462 e. The van der Waals surface area contributed by atoms with Crippen LogP contribution < -0.4 is 0 Å². The minimum absolute atomic E-state index is 0.134. The van der Waals surface area contributed by atoms with Crippen molar-refractivity contribution in [1.82, 2.24) is 0 Å². The van der Waals surface area contributed by atoms with Crippen molar-refractivity contribution in [2.24, 2.45) is 0 Å². The molecule has 0 aliphatic heterocycles. The summed E-state index contributed by atoms with van der Waals surface area (Å²) < 4.78 is 4.86. The second-order valence-corrected chi connectivity index (χ2v) is 2.39. The lowest BCUT2D eigenvalue weighted by Crippen LogP contribution is -2.25. The second-order valence-electron chi connectivity index (χ2n) is 2.39. The molecule has 0 spiro atoms. The molecule has 0 saturated heterocycles. The van der Waals surface area contributed by atoms with E-state index in [4.69, 9.17) is 4.74 Å². The van der Waals surface area contributed by atoms with Gasteiger partial charge in [-0.25, -0.2) is 0 Å². The highest BCUT2D eigenvalue weighted by atomic mass is 16.5. The van der Waals surface area contributed by atoms with Gasteiger partial charge in [-0.3, -0.25) is 4.79 Å². The van der Waals surface area contributed by atoms with E-state index in [1.54, 1.807) is 0 Å². The predicted octanol–water partition coefficient (Wildman–Crippen LogP) is 1.27. The fraction of sp³-hybridized carbons (Fsp3) is 0.571. The molecule has 9 heavy (non-hydrogen) atoms. The van der Waals surface area contributed by atoms with Crippen LogP contribution in [0.2, 0.25) is 0 Å². The van der Waals surface area contributed by atoms with Crippen LogP contribution in [0.4, 0.5) is 0 Å². The summed E-state index contributed by atoms with van der Waals surface area (Å²) >= 11 is 0. The Morgan fingerprint density at radius 3 is 2.67 bits per heavy atom. The van der Waals surface area contributed by atoms with E-state index in [0.717, 1.165) is 12.8 Å². The average Bonchev–Trinajstić information content (AvgIpc) is 1.60. The third kappa shape index (κ3) is 1.56. The molecule has 0 radical (unpaired) electrons. The third-order valence-electron chi connectivity index (χ3n) is 1.37. The number of ether oxygens (including phenoxy) is 1. The first-order chi connectivity index (χ1) is 4.18. The minimum atomic E-state index is -0.187. The predicted molar refractivity (Wildman–Crippen MR) is 33.9 cm³/mol. The molecule has 0 aromatic carbocycles. The molecule has 0 heterocycles. The molecule has 0 N–H and O–H groups in total. The van der Waals surface area contributed by atoms with Crippen LogP contribution in [-0.2, 0) is 9.53 Å². The fourth-order valence-electron chi connectivity index (χ4n) is 0.902. The van der Waals surface area contributed by atoms with Gasteiger partial charge in [0, 0.05) is 19.8 Å². The van der Waals surface area contributed by atoms with Gasteiger partial charge in [0.05, 0.1) is 0 Å². The van der Waals surface area contributed by atoms with Gasteiger partial charge in [0.2, 0.25) is 0 Å². The normalized spacial score (nSPS) is 19.0. The highest BCUT2D eigenvalue weighted by Crippen LogP contribution is 2.26. The van der Waals surface area contributed by atoms with Gasteiger partial charge in [0.15, 0.2) is 0 Å². The summed E-state index contributed by atoms with van der Waals surface area (Å²) in [7, 11) is 0. The Kier molecular flexibility index (Phi) is 1.56. The Bertz CT molecular complexity index is 141. The maximum atomic E-state index is 10.3. The first kappa shape index (κ1) is 6.33. The van der Waals surface area contributed by atoms with Crippen molar-refractivity contribution >= 4 is 5.97 Å². The molecule has 1 saturated carbocycles. The lowest BCUT2D eigenvalue weighted by atomic mass is 9.90. The molecule has 0 amide bonds.